The summed E-state index contributed by atoms with van der Waals surface area (Å²) >= 11 is 2.29. The van der Waals surface area contributed by atoms with Crippen LogP contribution in [0, 0.1) is 10.1 Å². The second-order valence-corrected chi connectivity index (χ2v) is 6.97. The van der Waals surface area contributed by atoms with Crippen molar-refractivity contribution in [1.82, 2.24) is 10.2 Å². The van der Waals surface area contributed by atoms with Crippen molar-refractivity contribution in [2.45, 2.75) is 0 Å². The number of nitrogens with one attached hydrogen (secondary N) is 1. The van der Waals surface area contributed by atoms with E-state index in [1.54, 1.807) is 6.08 Å². The van der Waals surface area contributed by atoms with Gasteiger partial charge in [0.25, 0.3) is 17.1 Å². The van der Waals surface area contributed by atoms with Crippen molar-refractivity contribution in [3.8, 4) is 0 Å². The Bertz CT molecular complexity index is 902. The Kier molecular flexibility index (Phi) is 5.19. The zero-order chi connectivity index (χ0) is 18.7. The Morgan fingerprint density at radius 3 is 2.81 bits per heavy atom. The molecular formula is C15H11N3O6S2. The van der Waals surface area contributed by atoms with E-state index in [1.807, 2.05) is 17.5 Å². The molecule has 0 radical (unpaired) electrons. The summed E-state index contributed by atoms with van der Waals surface area (Å²) in [4.78, 5) is 48.1. The highest BCUT2D eigenvalue weighted by molar-refractivity contribution is 8.18. The molecule has 2 aromatic rings. The van der Waals surface area contributed by atoms with E-state index in [4.69, 9.17) is 4.42 Å². The van der Waals surface area contributed by atoms with Crippen LogP contribution in [0.5, 0.6) is 0 Å². The fraction of sp³-hybridized carbons (Fsp3) is 0.133. The summed E-state index contributed by atoms with van der Waals surface area (Å²) in [6.07, 6.45) is 1.65. The van der Waals surface area contributed by atoms with Gasteiger partial charge >= 0.3 is 5.88 Å². The first-order chi connectivity index (χ1) is 12.5. The van der Waals surface area contributed by atoms with Crippen molar-refractivity contribution in [3.63, 3.8) is 0 Å². The second-order valence-electron chi connectivity index (χ2n) is 5.00. The van der Waals surface area contributed by atoms with Crippen LogP contribution in [0.15, 0.2) is 39.0 Å². The molecule has 11 heteroatoms. The van der Waals surface area contributed by atoms with Crippen molar-refractivity contribution in [2.24, 2.45) is 0 Å². The second kappa shape index (κ2) is 7.54. The summed E-state index contributed by atoms with van der Waals surface area (Å²) in [7, 11) is 0. The number of nitrogens with zero attached hydrogens (tertiary/aromatic N) is 2. The van der Waals surface area contributed by atoms with Gasteiger partial charge in [0.05, 0.1) is 11.0 Å². The lowest BCUT2D eigenvalue weighted by atomic mass is 10.3. The number of rotatable bonds is 6. The van der Waals surface area contributed by atoms with Crippen LogP contribution in [0.2, 0.25) is 0 Å². The fourth-order valence-electron chi connectivity index (χ4n) is 2.11. The number of hydrogen-bond acceptors (Lipinski definition) is 8. The van der Waals surface area contributed by atoms with Gasteiger partial charge < -0.3 is 9.73 Å². The molecule has 0 aromatic carbocycles. The number of carbonyl (C=O) groups excluding carboxylic acids is 3. The highest BCUT2D eigenvalue weighted by Gasteiger charge is 2.34. The maximum Gasteiger partial charge on any atom is 0.433 e. The van der Waals surface area contributed by atoms with Gasteiger partial charge in [0, 0.05) is 18.0 Å². The maximum absolute atomic E-state index is 12.3. The first-order valence-corrected chi connectivity index (χ1v) is 8.96. The molecule has 0 atom stereocenters. The van der Waals surface area contributed by atoms with E-state index in [1.165, 1.54) is 17.4 Å². The number of furan rings is 1. The topological polar surface area (TPSA) is 123 Å². The number of amides is 3. The minimum absolute atomic E-state index is 0.00233. The van der Waals surface area contributed by atoms with Crippen LogP contribution in [0.1, 0.15) is 15.4 Å². The van der Waals surface area contributed by atoms with Crippen molar-refractivity contribution >= 4 is 52.1 Å². The quantitative estimate of drug-likeness (QED) is 0.455. The zero-order valence-corrected chi connectivity index (χ0v) is 14.7. The van der Waals surface area contributed by atoms with E-state index in [0.29, 0.717) is 4.91 Å². The van der Waals surface area contributed by atoms with Crippen LogP contribution in [0.4, 0.5) is 10.7 Å². The van der Waals surface area contributed by atoms with Crippen molar-refractivity contribution in [2.75, 3.05) is 13.1 Å². The van der Waals surface area contributed by atoms with Crippen molar-refractivity contribution < 1.29 is 23.7 Å². The van der Waals surface area contributed by atoms with Crippen LogP contribution in [-0.4, -0.2) is 40.0 Å². The highest BCUT2D eigenvalue weighted by Crippen LogP contribution is 2.32. The molecule has 0 unspecified atom stereocenters. The molecule has 3 rings (SSSR count). The van der Waals surface area contributed by atoms with E-state index in [0.717, 1.165) is 27.6 Å². The van der Waals surface area contributed by atoms with Gasteiger partial charge in [-0.3, -0.25) is 29.4 Å². The molecule has 2 aromatic heterocycles. The van der Waals surface area contributed by atoms with Gasteiger partial charge in [-0.05, 0) is 35.4 Å². The summed E-state index contributed by atoms with van der Waals surface area (Å²) in [5.74, 6) is -1.85. The number of thiophene rings is 1. The van der Waals surface area contributed by atoms with E-state index < -0.39 is 27.9 Å². The standard InChI is InChI=1S/C15H11N3O6S2/c19-13(10-3-4-12(24-10)18(22)23)16-5-6-17-14(20)11(26-15(17)21)8-9-2-1-7-25-9/h1-4,7-8H,5-6H2,(H,16,19)/b11-8+. The van der Waals surface area contributed by atoms with Crippen LogP contribution in [0.3, 0.4) is 0 Å². The van der Waals surface area contributed by atoms with Gasteiger partial charge in [0.2, 0.25) is 0 Å². The molecular weight excluding hydrogens is 382 g/mol. The lowest BCUT2D eigenvalue weighted by Crippen LogP contribution is -2.37. The lowest BCUT2D eigenvalue weighted by molar-refractivity contribution is -0.402. The van der Waals surface area contributed by atoms with Crippen LogP contribution in [0.25, 0.3) is 6.08 Å². The third-order valence-corrected chi connectivity index (χ3v) is 5.03. The number of thioether (sulfide) groups is 1. The Morgan fingerprint density at radius 1 is 1.35 bits per heavy atom. The molecule has 1 aliphatic heterocycles. The molecule has 1 N–H and O–H groups in total. The lowest BCUT2D eigenvalue weighted by Gasteiger charge is -2.12. The largest absolute Gasteiger partial charge is 0.433 e. The van der Waals surface area contributed by atoms with E-state index in [9.17, 15) is 24.5 Å². The average Bonchev–Trinajstić information content (AvgIpc) is 3.32. The van der Waals surface area contributed by atoms with Crippen molar-refractivity contribution in [1.29, 1.82) is 0 Å². The van der Waals surface area contributed by atoms with Gasteiger partial charge in [0.15, 0.2) is 5.76 Å². The molecule has 134 valence electrons. The summed E-state index contributed by atoms with van der Waals surface area (Å²) in [6.45, 7) is -0.0152. The minimum atomic E-state index is -0.753. The van der Waals surface area contributed by atoms with Crippen molar-refractivity contribution in [3.05, 3.63) is 55.3 Å². The first-order valence-electron chi connectivity index (χ1n) is 7.27. The number of imide groups is 1. The van der Waals surface area contributed by atoms with Crippen LogP contribution >= 0.6 is 23.1 Å². The smallest absolute Gasteiger partial charge is 0.395 e. The fourth-order valence-corrected chi connectivity index (χ4v) is 3.70. The molecule has 26 heavy (non-hydrogen) atoms. The molecule has 3 heterocycles. The zero-order valence-electron chi connectivity index (χ0n) is 13.0. The Balaban J connectivity index is 1.56. The third kappa shape index (κ3) is 3.83. The van der Waals surface area contributed by atoms with Gasteiger partial charge in [-0.15, -0.1) is 11.3 Å². The molecule has 9 nitrogen and oxygen atoms in total. The molecule has 0 spiro atoms. The Morgan fingerprint density at radius 2 is 2.15 bits per heavy atom. The SMILES string of the molecule is O=C(NCCN1C(=O)S/C(=C/c2cccs2)C1=O)c1ccc([N+](=O)[O-])o1. The van der Waals surface area contributed by atoms with E-state index >= 15 is 0 Å². The highest BCUT2D eigenvalue weighted by atomic mass is 32.2. The summed E-state index contributed by atoms with van der Waals surface area (Å²) in [6, 6.07) is 5.93. The van der Waals surface area contributed by atoms with Gasteiger partial charge in [-0.25, -0.2) is 0 Å². The third-order valence-electron chi connectivity index (χ3n) is 3.31. The van der Waals surface area contributed by atoms with Gasteiger partial charge in [-0.2, -0.15) is 0 Å². The normalized spacial score (nSPS) is 15.7. The van der Waals surface area contributed by atoms with Crippen LogP contribution in [-0.2, 0) is 4.79 Å². The van der Waals surface area contributed by atoms with E-state index in [-0.39, 0.29) is 18.8 Å². The summed E-state index contributed by atoms with van der Waals surface area (Å²) in [5, 5.41) is 14.4. The maximum atomic E-state index is 12.3. The average molecular weight is 393 g/mol. The molecule has 0 saturated carbocycles. The Labute approximate surface area is 154 Å². The molecule has 1 fully saturated rings. The Hall–Kier alpha value is -2.92. The molecule has 3 amide bonds. The summed E-state index contributed by atoms with van der Waals surface area (Å²) < 4.78 is 4.78. The molecule has 1 aliphatic rings. The molecule has 0 bridgehead atoms. The number of nitro groups is 1. The van der Waals surface area contributed by atoms with Crippen LogP contribution < -0.4 is 5.32 Å². The van der Waals surface area contributed by atoms with Gasteiger partial charge in [-0.1, -0.05) is 6.07 Å². The molecule has 1 saturated heterocycles. The minimum Gasteiger partial charge on any atom is -0.395 e. The van der Waals surface area contributed by atoms with E-state index in [2.05, 4.69) is 5.32 Å². The molecule has 0 aliphatic carbocycles. The van der Waals surface area contributed by atoms with Gasteiger partial charge in [0.1, 0.15) is 4.92 Å². The predicted octanol–water partition coefficient (Wildman–Crippen LogP) is 2.72. The number of carbonyl (C=O) groups is 3. The number of hydrogen-bond donors (Lipinski definition) is 1. The predicted molar refractivity (Wildman–Crippen MR) is 94.7 cm³/mol. The first kappa shape index (κ1) is 17.9. The summed E-state index contributed by atoms with van der Waals surface area (Å²) in [5.41, 5.74) is 0. The monoisotopic (exact) mass is 393 g/mol.